The Balaban J connectivity index is 2.17. The number of nitrogens with one attached hydrogen (secondary N) is 1. The molecule has 0 aliphatic heterocycles. The van der Waals surface area contributed by atoms with E-state index in [1.165, 1.54) is 12.3 Å². The van der Waals surface area contributed by atoms with Crippen molar-refractivity contribution in [3.05, 3.63) is 23.6 Å². The van der Waals surface area contributed by atoms with E-state index >= 15 is 0 Å². The van der Waals surface area contributed by atoms with Gasteiger partial charge in [0.25, 0.3) is 5.91 Å². The van der Waals surface area contributed by atoms with Crippen molar-refractivity contribution in [3.63, 3.8) is 0 Å². The average Bonchev–Trinajstić information content (AvgIpc) is 3.12. The summed E-state index contributed by atoms with van der Waals surface area (Å²) in [6.07, 6.45) is 3.77. The highest BCUT2D eigenvalue weighted by atomic mass is 19.1. The topological polar surface area (TPSA) is 45.2 Å². The van der Waals surface area contributed by atoms with Gasteiger partial charge in [-0.1, -0.05) is 0 Å². The highest BCUT2D eigenvalue weighted by molar-refractivity contribution is 5.95. The molecular weight excluding hydrogens is 221 g/mol. The van der Waals surface area contributed by atoms with Gasteiger partial charge in [0.05, 0.1) is 5.56 Å². The van der Waals surface area contributed by atoms with Crippen molar-refractivity contribution in [2.45, 2.75) is 12.8 Å². The van der Waals surface area contributed by atoms with Crippen molar-refractivity contribution < 1.29 is 9.18 Å². The van der Waals surface area contributed by atoms with Crippen LogP contribution in [0.2, 0.25) is 0 Å². The molecule has 0 bridgehead atoms. The Hall–Kier alpha value is -1.65. The van der Waals surface area contributed by atoms with E-state index in [1.54, 1.807) is 19.0 Å². The minimum atomic E-state index is -0.581. The Labute approximate surface area is 99.8 Å². The molecule has 1 aromatic heterocycles. The average molecular weight is 237 g/mol. The minimum absolute atomic E-state index is 0.0764. The number of amides is 1. The summed E-state index contributed by atoms with van der Waals surface area (Å²) in [5, 5.41) is 2.63. The number of hydrogen-bond acceptors (Lipinski definition) is 3. The monoisotopic (exact) mass is 237 g/mol. The highest BCUT2D eigenvalue weighted by Crippen LogP contribution is 2.29. The van der Waals surface area contributed by atoms with E-state index in [1.807, 2.05) is 0 Å². The molecule has 0 saturated heterocycles. The molecule has 1 N–H and O–H groups in total. The fraction of sp³-hybridized carbons (Fsp3) is 0.500. The molecule has 1 saturated carbocycles. The van der Waals surface area contributed by atoms with Crippen LogP contribution in [0.1, 0.15) is 23.2 Å². The van der Waals surface area contributed by atoms with Crippen LogP contribution in [-0.4, -0.2) is 36.4 Å². The number of pyridine rings is 1. The first-order valence-corrected chi connectivity index (χ1v) is 5.71. The van der Waals surface area contributed by atoms with E-state index in [0.717, 1.165) is 12.8 Å². The summed E-state index contributed by atoms with van der Waals surface area (Å²) < 4.78 is 13.9. The summed E-state index contributed by atoms with van der Waals surface area (Å²) in [5.41, 5.74) is 0.0764. The Kier molecular flexibility index (Phi) is 3.26. The molecule has 0 spiro atoms. The number of rotatable bonds is 4. The van der Waals surface area contributed by atoms with Crippen LogP contribution in [0, 0.1) is 11.7 Å². The Morgan fingerprint density at radius 2 is 2.35 bits per heavy atom. The number of halogens is 1. The zero-order valence-electron chi connectivity index (χ0n) is 10.0. The third kappa shape index (κ3) is 2.54. The SMILES string of the molecule is CNc1nccc(C(=O)N(C)CC2CC2)c1F. The second kappa shape index (κ2) is 4.69. The molecule has 1 aliphatic rings. The van der Waals surface area contributed by atoms with E-state index in [2.05, 4.69) is 10.3 Å². The zero-order chi connectivity index (χ0) is 12.4. The second-order valence-electron chi connectivity index (χ2n) is 4.40. The van der Waals surface area contributed by atoms with Gasteiger partial charge in [-0.05, 0) is 24.8 Å². The largest absolute Gasteiger partial charge is 0.371 e. The number of anilines is 1. The molecule has 1 heterocycles. The van der Waals surface area contributed by atoms with Crippen LogP contribution in [0.5, 0.6) is 0 Å². The molecule has 1 aromatic rings. The van der Waals surface area contributed by atoms with Gasteiger partial charge in [-0.15, -0.1) is 0 Å². The normalized spacial score (nSPS) is 14.5. The summed E-state index contributed by atoms with van der Waals surface area (Å²) in [6.45, 7) is 0.704. The Bertz CT molecular complexity index is 432. The number of aromatic nitrogens is 1. The molecule has 1 aliphatic carbocycles. The summed E-state index contributed by atoms with van der Waals surface area (Å²) in [7, 11) is 3.28. The molecule has 92 valence electrons. The lowest BCUT2D eigenvalue weighted by Crippen LogP contribution is -2.29. The summed E-state index contributed by atoms with van der Waals surface area (Å²) in [5.74, 6) is -0.163. The van der Waals surface area contributed by atoms with Crippen molar-refractivity contribution in [3.8, 4) is 0 Å². The summed E-state index contributed by atoms with van der Waals surface area (Å²) >= 11 is 0. The van der Waals surface area contributed by atoms with Gasteiger partial charge < -0.3 is 10.2 Å². The minimum Gasteiger partial charge on any atom is -0.371 e. The molecule has 5 heteroatoms. The van der Waals surface area contributed by atoms with Crippen LogP contribution in [0.4, 0.5) is 10.2 Å². The number of carbonyl (C=O) groups is 1. The van der Waals surface area contributed by atoms with Crippen molar-refractivity contribution >= 4 is 11.7 Å². The smallest absolute Gasteiger partial charge is 0.256 e. The molecule has 0 atom stereocenters. The third-order valence-corrected chi connectivity index (χ3v) is 2.93. The Morgan fingerprint density at radius 3 is 2.94 bits per heavy atom. The molecule has 1 fully saturated rings. The van der Waals surface area contributed by atoms with Gasteiger partial charge in [-0.25, -0.2) is 9.37 Å². The van der Waals surface area contributed by atoms with Gasteiger partial charge >= 0.3 is 0 Å². The van der Waals surface area contributed by atoms with Crippen LogP contribution in [0.25, 0.3) is 0 Å². The predicted octanol–water partition coefficient (Wildman–Crippen LogP) is 1.74. The first-order chi connectivity index (χ1) is 8.13. The van der Waals surface area contributed by atoms with Crippen molar-refractivity contribution in [1.82, 2.24) is 9.88 Å². The summed E-state index contributed by atoms with van der Waals surface area (Å²) in [4.78, 5) is 17.4. The van der Waals surface area contributed by atoms with E-state index in [-0.39, 0.29) is 17.3 Å². The van der Waals surface area contributed by atoms with Crippen LogP contribution in [-0.2, 0) is 0 Å². The molecule has 4 nitrogen and oxygen atoms in total. The molecule has 0 radical (unpaired) electrons. The standard InChI is InChI=1S/C12H16FN3O/c1-14-11-10(13)9(5-6-15-11)12(17)16(2)7-8-3-4-8/h5-6,8H,3-4,7H2,1-2H3,(H,14,15). The van der Waals surface area contributed by atoms with Gasteiger partial charge in [0, 0.05) is 26.8 Å². The maximum Gasteiger partial charge on any atom is 0.256 e. The van der Waals surface area contributed by atoms with Gasteiger partial charge in [-0.2, -0.15) is 0 Å². The first kappa shape index (κ1) is 11.8. The first-order valence-electron chi connectivity index (χ1n) is 5.71. The summed E-state index contributed by atoms with van der Waals surface area (Å²) in [6, 6.07) is 1.42. The predicted molar refractivity (Wildman–Crippen MR) is 63.4 cm³/mol. The number of hydrogen-bond donors (Lipinski definition) is 1. The molecule has 0 aromatic carbocycles. The quantitative estimate of drug-likeness (QED) is 0.867. The lowest BCUT2D eigenvalue weighted by Gasteiger charge is -2.17. The Morgan fingerprint density at radius 1 is 1.65 bits per heavy atom. The van der Waals surface area contributed by atoms with Crippen molar-refractivity contribution in [2.24, 2.45) is 5.92 Å². The van der Waals surface area contributed by atoms with E-state index < -0.39 is 5.82 Å². The number of carbonyl (C=O) groups excluding carboxylic acids is 1. The zero-order valence-corrected chi connectivity index (χ0v) is 10.0. The molecule has 1 amide bonds. The van der Waals surface area contributed by atoms with Gasteiger partial charge in [0.15, 0.2) is 11.6 Å². The van der Waals surface area contributed by atoms with Crippen molar-refractivity contribution in [2.75, 3.05) is 26.0 Å². The lowest BCUT2D eigenvalue weighted by molar-refractivity contribution is 0.0784. The molecule has 17 heavy (non-hydrogen) atoms. The molecule has 2 rings (SSSR count). The second-order valence-corrected chi connectivity index (χ2v) is 4.40. The van der Waals surface area contributed by atoms with E-state index in [4.69, 9.17) is 0 Å². The van der Waals surface area contributed by atoms with E-state index in [0.29, 0.717) is 12.5 Å². The molecule has 0 unspecified atom stereocenters. The van der Waals surface area contributed by atoms with Crippen LogP contribution < -0.4 is 5.32 Å². The number of nitrogens with zero attached hydrogens (tertiary/aromatic N) is 2. The van der Waals surface area contributed by atoms with Crippen molar-refractivity contribution in [1.29, 1.82) is 0 Å². The van der Waals surface area contributed by atoms with Crippen LogP contribution in [0.3, 0.4) is 0 Å². The fourth-order valence-electron chi connectivity index (χ4n) is 1.76. The lowest BCUT2D eigenvalue weighted by atomic mass is 10.2. The highest BCUT2D eigenvalue weighted by Gasteiger charge is 2.26. The van der Waals surface area contributed by atoms with E-state index in [9.17, 15) is 9.18 Å². The maximum absolute atomic E-state index is 13.9. The van der Waals surface area contributed by atoms with Gasteiger partial charge in [0.1, 0.15) is 0 Å². The van der Waals surface area contributed by atoms with Crippen LogP contribution >= 0.6 is 0 Å². The van der Waals surface area contributed by atoms with Gasteiger partial charge in [-0.3, -0.25) is 4.79 Å². The van der Waals surface area contributed by atoms with Gasteiger partial charge in [0.2, 0.25) is 0 Å². The van der Waals surface area contributed by atoms with Crippen LogP contribution in [0.15, 0.2) is 12.3 Å². The third-order valence-electron chi connectivity index (χ3n) is 2.93. The fourth-order valence-corrected chi connectivity index (χ4v) is 1.76. The molecular formula is C12H16FN3O. The maximum atomic E-state index is 13.9.